The normalized spacial score (nSPS) is 14.3. The lowest BCUT2D eigenvalue weighted by Crippen LogP contribution is -2.07. The van der Waals surface area contributed by atoms with Gasteiger partial charge in [0, 0.05) is 18.6 Å². The molecule has 0 saturated carbocycles. The maximum atomic E-state index is 12.2. The molecule has 0 N–H and O–H groups in total. The number of nitrogens with zero attached hydrogens (tertiary/aromatic N) is 2. The Hall–Kier alpha value is -3.72. The number of halogens is 1. The molecular weight excluding hydrogens is 416 g/mol. The molecule has 1 heterocycles. The van der Waals surface area contributed by atoms with Gasteiger partial charge in [-0.25, -0.2) is 9.79 Å². The van der Waals surface area contributed by atoms with Gasteiger partial charge in [-0.15, -0.1) is 0 Å². The van der Waals surface area contributed by atoms with Gasteiger partial charge >= 0.3 is 11.9 Å². The van der Waals surface area contributed by atoms with Gasteiger partial charge in [0.25, 0.3) is 5.69 Å². The molecule has 0 radical (unpaired) electrons. The van der Waals surface area contributed by atoms with E-state index in [2.05, 4.69) is 4.99 Å². The number of carbonyl (C=O) groups is 2. The zero-order valence-electron chi connectivity index (χ0n) is 15.9. The molecule has 2 aromatic rings. The summed E-state index contributed by atoms with van der Waals surface area (Å²) in [6.07, 6.45) is 1.65. The van der Waals surface area contributed by atoms with Crippen molar-refractivity contribution in [3.8, 4) is 11.5 Å². The van der Waals surface area contributed by atoms with Gasteiger partial charge in [0.2, 0.25) is 5.90 Å². The molecule has 3 rings (SSSR count). The fourth-order valence-corrected chi connectivity index (χ4v) is 2.72. The van der Waals surface area contributed by atoms with Gasteiger partial charge < -0.3 is 14.2 Å². The van der Waals surface area contributed by atoms with Gasteiger partial charge in [-0.2, -0.15) is 0 Å². The number of benzene rings is 2. The van der Waals surface area contributed by atoms with Crippen LogP contribution in [0.4, 0.5) is 5.69 Å². The molecule has 30 heavy (non-hydrogen) atoms. The molecule has 0 fully saturated rings. The van der Waals surface area contributed by atoms with Gasteiger partial charge in [0.15, 0.2) is 17.2 Å². The predicted octanol–water partition coefficient (Wildman–Crippen LogP) is 3.92. The summed E-state index contributed by atoms with van der Waals surface area (Å²) in [5, 5.41) is 11.1. The summed E-state index contributed by atoms with van der Waals surface area (Å²) in [6.45, 7) is 1.67. The van der Waals surface area contributed by atoms with Crippen LogP contribution in [0.1, 0.15) is 24.5 Å². The van der Waals surface area contributed by atoms with Gasteiger partial charge in [-0.1, -0.05) is 24.6 Å². The van der Waals surface area contributed by atoms with Crippen LogP contribution < -0.4 is 9.47 Å². The van der Waals surface area contributed by atoms with Crippen molar-refractivity contribution in [3.05, 3.63) is 68.4 Å². The molecule has 0 aromatic heterocycles. The van der Waals surface area contributed by atoms with E-state index in [1.165, 1.54) is 37.5 Å². The van der Waals surface area contributed by atoms with Crippen LogP contribution in [0.2, 0.25) is 5.02 Å². The van der Waals surface area contributed by atoms with Crippen LogP contribution in [0.5, 0.6) is 11.5 Å². The Morgan fingerprint density at radius 1 is 1.27 bits per heavy atom. The summed E-state index contributed by atoms with van der Waals surface area (Å²) in [4.78, 5) is 38.2. The summed E-state index contributed by atoms with van der Waals surface area (Å²) in [7, 11) is 1.42. The summed E-state index contributed by atoms with van der Waals surface area (Å²) in [6, 6.07) is 8.44. The van der Waals surface area contributed by atoms with Crippen LogP contribution in [0.15, 0.2) is 47.1 Å². The molecule has 1 aliphatic rings. The van der Waals surface area contributed by atoms with Crippen molar-refractivity contribution in [2.75, 3.05) is 7.11 Å². The third-order valence-electron chi connectivity index (χ3n) is 4.02. The average Bonchev–Trinajstić information content (AvgIpc) is 3.09. The van der Waals surface area contributed by atoms with Crippen LogP contribution in [0.25, 0.3) is 6.08 Å². The summed E-state index contributed by atoms with van der Waals surface area (Å²) in [5.74, 6) is -0.758. The zero-order valence-corrected chi connectivity index (χ0v) is 16.6. The van der Waals surface area contributed by atoms with E-state index in [9.17, 15) is 19.7 Å². The lowest BCUT2D eigenvalue weighted by molar-refractivity contribution is -0.384. The highest BCUT2D eigenvalue weighted by Gasteiger charge is 2.27. The number of aliphatic imine (C=N–C) groups is 1. The number of carbonyl (C=O) groups excluding carboxylic acids is 2. The maximum Gasteiger partial charge on any atom is 0.363 e. The van der Waals surface area contributed by atoms with Gasteiger partial charge in [0.05, 0.1) is 22.6 Å². The number of ether oxygens (including phenoxy) is 3. The number of nitro groups is 1. The van der Waals surface area contributed by atoms with Crippen molar-refractivity contribution in [1.82, 2.24) is 0 Å². The van der Waals surface area contributed by atoms with Gasteiger partial charge in [-0.3, -0.25) is 14.9 Å². The lowest BCUT2D eigenvalue weighted by Gasteiger charge is -2.09. The minimum Gasteiger partial charge on any atom is -0.493 e. The van der Waals surface area contributed by atoms with Crippen molar-refractivity contribution in [2.45, 2.75) is 13.3 Å². The Morgan fingerprint density at radius 2 is 2.03 bits per heavy atom. The Morgan fingerprint density at radius 3 is 2.70 bits per heavy atom. The molecule has 0 unspecified atom stereocenters. The van der Waals surface area contributed by atoms with Crippen molar-refractivity contribution >= 4 is 41.2 Å². The fourth-order valence-electron chi connectivity index (χ4n) is 2.53. The summed E-state index contributed by atoms with van der Waals surface area (Å²) >= 11 is 6.07. The standard InChI is InChI=1S/C20H15ClN2O7/c1-3-18(24)29-16-7-4-11(9-17(16)28-2)8-15-20(25)30-19(22-15)13-10-12(23(26)27)5-6-14(13)21/h4-10H,3H2,1-2H3/b15-8-. The molecule has 0 aliphatic carbocycles. The van der Waals surface area contributed by atoms with Crippen LogP contribution in [-0.4, -0.2) is 29.9 Å². The Labute approximate surface area is 175 Å². The molecule has 0 atom stereocenters. The monoisotopic (exact) mass is 430 g/mol. The number of cyclic esters (lactones) is 1. The summed E-state index contributed by atoms with van der Waals surface area (Å²) in [5.41, 5.74) is 0.410. The Balaban J connectivity index is 1.94. The van der Waals surface area contributed by atoms with Crippen LogP contribution >= 0.6 is 11.6 Å². The van der Waals surface area contributed by atoms with E-state index in [-0.39, 0.29) is 40.0 Å². The van der Waals surface area contributed by atoms with Gasteiger partial charge in [-0.05, 0) is 29.8 Å². The van der Waals surface area contributed by atoms with E-state index in [1.807, 2.05) is 0 Å². The minimum atomic E-state index is -0.743. The third-order valence-corrected chi connectivity index (χ3v) is 4.34. The molecule has 0 amide bonds. The first-order chi connectivity index (χ1) is 14.3. The molecule has 2 aromatic carbocycles. The Kier molecular flexibility index (Phi) is 6.12. The smallest absolute Gasteiger partial charge is 0.363 e. The number of rotatable bonds is 6. The molecule has 0 spiro atoms. The molecule has 9 nitrogen and oxygen atoms in total. The molecule has 1 aliphatic heterocycles. The minimum absolute atomic E-state index is 0.0343. The number of hydrogen-bond donors (Lipinski definition) is 0. The second kappa shape index (κ2) is 8.75. The second-order valence-corrected chi connectivity index (χ2v) is 6.40. The quantitative estimate of drug-likeness (QED) is 0.224. The molecule has 10 heteroatoms. The first-order valence-electron chi connectivity index (χ1n) is 8.68. The highest BCUT2D eigenvalue weighted by Crippen LogP contribution is 2.31. The van der Waals surface area contributed by atoms with E-state index < -0.39 is 16.9 Å². The third kappa shape index (κ3) is 4.47. The second-order valence-electron chi connectivity index (χ2n) is 6.00. The molecule has 0 bridgehead atoms. The van der Waals surface area contributed by atoms with Crippen LogP contribution in [0.3, 0.4) is 0 Å². The predicted molar refractivity (Wildman–Crippen MR) is 108 cm³/mol. The highest BCUT2D eigenvalue weighted by atomic mass is 35.5. The van der Waals surface area contributed by atoms with Crippen LogP contribution in [0, 0.1) is 10.1 Å². The van der Waals surface area contributed by atoms with Crippen molar-refractivity contribution < 1.29 is 28.7 Å². The number of nitro benzene ring substituents is 1. The first kappa shape index (κ1) is 21.0. The average molecular weight is 431 g/mol. The SMILES string of the molecule is CCC(=O)Oc1ccc(/C=C2\N=C(c3cc([N+](=O)[O-])ccc3Cl)OC2=O)cc1OC. The topological polar surface area (TPSA) is 117 Å². The number of esters is 2. The molecule has 0 saturated heterocycles. The fraction of sp³-hybridized carbons (Fsp3) is 0.150. The lowest BCUT2D eigenvalue weighted by atomic mass is 10.1. The van der Waals surface area contributed by atoms with Crippen molar-refractivity contribution in [3.63, 3.8) is 0 Å². The van der Waals surface area contributed by atoms with Crippen LogP contribution in [-0.2, 0) is 14.3 Å². The highest BCUT2D eigenvalue weighted by molar-refractivity contribution is 6.34. The van der Waals surface area contributed by atoms with E-state index >= 15 is 0 Å². The number of hydrogen-bond acceptors (Lipinski definition) is 8. The molecule has 154 valence electrons. The summed E-state index contributed by atoms with van der Waals surface area (Å²) < 4.78 is 15.5. The zero-order chi connectivity index (χ0) is 21.8. The first-order valence-corrected chi connectivity index (χ1v) is 9.05. The maximum absolute atomic E-state index is 12.2. The molecular formula is C20H15ClN2O7. The Bertz CT molecular complexity index is 1110. The number of non-ortho nitro benzene ring substituents is 1. The van der Waals surface area contributed by atoms with Crippen molar-refractivity contribution in [1.29, 1.82) is 0 Å². The largest absolute Gasteiger partial charge is 0.493 e. The van der Waals surface area contributed by atoms with E-state index in [4.69, 9.17) is 25.8 Å². The van der Waals surface area contributed by atoms with Gasteiger partial charge in [0.1, 0.15) is 0 Å². The van der Waals surface area contributed by atoms with E-state index in [0.717, 1.165) is 0 Å². The van der Waals surface area contributed by atoms with E-state index in [0.29, 0.717) is 11.3 Å². The van der Waals surface area contributed by atoms with Crippen molar-refractivity contribution in [2.24, 2.45) is 4.99 Å². The number of methoxy groups -OCH3 is 1. The van der Waals surface area contributed by atoms with E-state index in [1.54, 1.807) is 19.1 Å².